The minimum atomic E-state index is -0.329. The Morgan fingerprint density at radius 1 is 1.17 bits per heavy atom. The topological polar surface area (TPSA) is 90.8 Å². The number of aryl methyl sites for hydroxylation is 1. The second-order valence-corrected chi connectivity index (χ2v) is 6.62. The maximum absolute atomic E-state index is 12.8. The Kier molecular flexibility index (Phi) is 5.07. The molecule has 4 aromatic rings. The highest BCUT2D eigenvalue weighted by Gasteiger charge is 2.16. The second-order valence-electron chi connectivity index (χ2n) is 6.62. The molecule has 0 radical (unpaired) electrons. The molecule has 8 heteroatoms. The van der Waals surface area contributed by atoms with E-state index in [1.54, 1.807) is 22.8 Å². The SMILES string of the molecule is CCOc1ccc(CNC(=O)Cn2nc(CC)n3c(cc4occc43)c2=O)cc1. The minimum Gasteiger partial charge on any atom is -0.494 e. The molecule has 3 heterocycles. The molecule has 0 atom stereocenters. The molecular formula is C21H22N4O4. The summed E-state index contributed by atoms with van der Waals surface area (Å²) in [5.41, 5.74) is 2.49. The van der Waals surface area contributed by atoms with Crippen molar-refractivity contribution < 1.29 is 13.9 Å². The van der Waals surface area contributed by atoms with Crippen LogP contribution < -0.4 is 15.6 Å². The zero-order chi connectivity index (χ0) is 20.4. The fraction of sp³-hybridized carbons (Fsp3) is 0.286. The molecule has 0 fully saturated rings. The molecule has 1 aromatic carbocycles. The van der Waals surface area contributed by atoms with E-state index in [0.717, 1.165) is 16.8 Å². The summed E-state index contributed by atoms with van der Waals surface area (Å²) < 4.78 is 13.8. The molecule has 0 saturated carbocycles. The monoisotopic (exact) mass is 394 g/mol. The van der Waals surface area contributed by atoms with Crippen LogP contribution in [0.2, 0.25) is 0 Å². The predicted molar refractivity (Wildman–Crippen MR) is 108 cm³/mol. The molecule has 0 saturated heterocycles. The van der Waals surface area contributed by atoms with E-state index in [-0.39, 0.29) is 18.0 Å². The summed E-state index contributed by atoms with van der Waals surface area (Å²) in [6, 6.07) is 11.0. The quantitative estimate of drug-likeness (QED) is 0.520. The van der Waals surface area contributed by atoms with Crippen molar-refractivity contribution in [3.63, 3.8) is 0 Å². The van der Waals surface area contributed by atoms with Gasteiger partial charge in [0.1, 0.15) is 23.6 Å². The van der Waals surface area contributed by atoms with Crippen LogP contribution in [0.4, 0.5) is 0 Å². The number of hydrogen-bond donors (Lipinski definition) is 1. The lowest BCUT2D eigenvalue weighted by molar-refractivity contribution is -0.122. The molecule has 0 aliphatic carbocycles. The second kappa shape index (κ2) is 7.83. The van der Waals surface area contributed by atoms with Gasteiger partial charge in [-0.25, -0.2) is 4.68 Å². The van der Waals surface area contributed by atoms with Crippen molar-refractivity contribution in [1.82, 2.24) is 19.5 Å². The van der Waals surface area contributed by atoms with Crippen LogP contribution in [-0.4, -0.2) is 26.7 Å². The van der Waals surface area contributed by atoms with Gasteiger partial charge in [0, 0.05) is 25.1 Å². The van der Waals surface area contributed by atoms with Gasteiger partial charge in [0.2, 0.25) is 5.91 Å². The Balaban J connectivity index is 1.51. The summed E-state index contributed by atoms with van der Waals surface area (Å²) in [7, 11) is 0. The summed E-state index contributed by atoms with van der Waals surface area (Å²) in [6.45, 7) is 4.70. The number of ether oxygens (including phenoxy) is 1. The number of nitrogens with zero attached hydrogens (tertiary/aromatic N) is 3. The third kappa shape index (κ3) is 3.61. The van der Waals surface area contributed by atoms with Crippen LogP contribution in [0.15, 0.2) is 51.9 Å². The van der Waals surface area contributed by atoms with Gasteiger partial charge in [0.25, 0.3) is 5.56 Å². The average Bonchev–Trinajstić information content (AvgIpc) is 3.32. The number of furan rings is 1. The van der Waals surface area contributed by atoms with Crippen molar-refractivity contribution in [2.75, 3.05) is 6.61 Å². The number of amides is 1. The third-order valence-electron chi connectivity index (χ3n) is 4.70. The largest absolute Gasteiger partial charge is 0.494 e. The molecule has 0 bridgehead atoms. The zero-order valence-corrected chi connectivity index (χ0v) is 16.3. The van der Waals surface area contributed by atoms with Crippen molar-refractivity contribution in [2.45, 2.75) is 33.4 Å². The Morgan fingerprint density at radius 3 is 2.69 bits per heavy atom. The first-order chi connectivity index (χ1) is 14.1. The van der Waals surface area contributed by atoms with Crippen molar-refractivity contribution in [3.05, 3.63) is 64.4 Å². The van der Waals surface area contributed by atoms with Gasteiger partial charge in [-0.15, -0.1) is 0 Å². The summed E-state index contributed by atoms with van der Waals surface area (Å²) in [6.07, 6.45) is 2.19. The number of carbonyl (C=O) groups excluding carboxylic acids is 1. The van der Waals surface area contributed by atoms with Crippen molar-refractivity contribution in [3.8, 4) is 5.75 Å². The lowest BCUT2D eigenvalue weighted by Crippen LogP contribution is -2.35. The lowest BCUT2D eigenvalue weighted by atomic mass is 10.2. The van der Waals surface area contributed by atoms with Gasteiger partial charge >= 0.3 is 0 Å². The van der Waals surface area contributed by atoms with Gasteiger partial charge in [-0.1, -0.05) is 19.1 Å². The molecule has 3 aromatic heterocycles. The number of nitrogens with one attached hydrogen (secondary N) is 1. The van der Waals surface area contributed by atoms with E-state index in [9.17, 15) is 9.59 Å². The van der Waals surface area contributed by atoms with Crippen molar-refractivity contribution in [2.24, 2.45) is 0 Å². The summed E-state index contributed by atoms with van der Waals surface area (Å²) in [5.74, 6) is 1.20. The first kappa shape index (κ1) is 18.8. The van der Waals surface area contributed by atoms with E-state index in [1.807, 2.05) is 38.1 Å². The molecule has 0 unspecified atom stereocenters. The fourth-order valence-electron chi connectivity index (χ4n) is 3.32. The van der Waals surface area contributed by atoms with Crippen LogP contribution in [0.5, 0.6) is 5.75 Å². The average molecular weight is 394 g/mol. The molecule has 1 amide bonds. The standard InChI is InChI=1S/C21H22N4O4/c1-3-19-23-24(21(27)17-11-18-16(25(17)19)9-10-29-18)13-20(26)22-12-14-5-7-15(8-6-14)28-4-2/h5-11H,3-4,12-13H2,1-2H3,(H,22,26). The number of carbonyl (C=O) groups is 1. The highest BCUT2D eigenvalue weighted by atomic mass is 16.5. The van der Waals surface area contributed by atoms with Gasteiger partial charge in [-0.05, 0) is 24.6 Å². The third-order valence-corrected chi connectivity index (χ3v) is 4.70. The smallest absolute Gasteiger partial charge is 0.291 e. The zero-order valence-electron chi connectivity index (χ0n) is 16.3. The van der Waals surface area contributed by atoms with Crippen molar-refractivity contribution in [1.29, 1.82) is 0 Å². The van der Waals surface area contributed by atoms with Crippen LogP contribution in [-0.2, 0) is 24.3 Å². The normalized spacial score (nSPS) is 11.2. The number of rotatable bonds is 7. The van der Waals surface area contributed by atoms with Crippen LogP contribution in [0, 0.1) is 0 Å². The van der Waals surface area contributed by atoms with Crippen LogP contribution >= 0.6 is 0 Å². The van der Waals surface area contributed by atoms with E-state index in [0.29, 0.717) is 36.5 Å². The Bertz CT molecular complexity index is 1220. The summed E-state index contributed by atoms with van der Waals surface area (Å²) in [5, 5.41) is 7.22. The van der Waals surface area contributed by atoms with E-state index < -0.39 is 0 Å². The van der Waals surface area contributed by atoms with E-state index in [4.69, 9.17) is 9.15 Å². The van der Waals surface area contributed by atoms with Gasteiger partial charge in [0.15, 0.2) is 5.58 Å². The maximum atomic E-state index is 12.8. The number of hydrogen-bond acceptors (Lipinski definition) is 5. The highest BCUT2D eigenvalue weighted by Crippen LogP contribution is 2.20. The van der Waals surface area contributed by atoms with Crippen LogP contribution in [0.3, 0.4) is 0 Å². The first-order valence-electron chi connectivity index (χ1n) is 9.57. The van der Waals surface area contributed by atoms with Gasteiger partial charge < -0.3 is 14.5 Å². The number of fused-ring (bicyclic) bond motifs is 3. The number of benzene rings is 1. The summed E-state index contributed by atoms with van der Waals surface area (Å²) in [4.78, 5) is 25.2. The molecule has 8 nitrogen and oxygen atoms in total. The van der Waals surface area contributed by atoms with Crippen molar-refractivity contribution >= 4 is 22.5 Å². The number of aromatic nitrogens is 3. The maximum Gasteiger partial charge on any atom is 0.291 e. The molecule has 0 aliphatic heterocycles. The Labute approximate surface area is 166 Å². The Morgan fingerprint density at radius 2 is 1.97 bits per heavy atom. The van der Waals surface area contributed by atoms with Gasteiger partial charge in [-0.3, -0.25) is 14.0 Å². The predicted octanol–water partition coefficient (Wildman–Crippen LogP) is 2.52. The molecule has 0 spiro atoms. The fourth-order valence-corrected chi connectivity index (χ4v) is 3.32. The molecular weight excluding hydrogens is 372 g/mol. The minimum absolute atomic E-state index is 0.147. The lowest BCUT2D eigenvalue weighted by Gasteiger charge is -2.10. The molecule has 29 heavy (non-hydrogen) atoms. The molecule has 150 valence electrons. The van der Waals surface area contributed by atoms with Gasteiger partial charge in [0.05, 0.1) is 18.4 Å². The van der Waals surface area contributed by atoms with E-state index >= 15 is 0 Å². The van der Waals surface area contributed by atoms with Crippen LogP contribution in [0.25, 0.3) is 16.6 Å². The highest BCUT2D eigenvalue weighted by molar-refractivity contribution is 5.82. The first-order valence-corrected chi connectivity index (χ1v) is 9.57. The summed E-state index contributed by atoms with van der Waals surface area (Å²) >= 11 is 0. The Hall–Kier alpha value is -3.55. The molecule has 4 rings (SSSR count). The van der Waals surface area contributed by atoms with E-state index in [2.05, 4.69) is 10.4 Å². The molecule has 0 aliphatic rings. The van der Waals surface area contributed by atoms with E-state index in [1.165, 1.54) is 4.68 Å². The van der Waals surface area contributed by atoms with Crippen LogP contribution in [0.1, 0.15) is 25.2 Å². The van der Waals surface area contributed by atoms with Gasteiger partial charge in [-0.2, -0.15) is 5.10 Å². The molecule has 1 N–H and O–H groups in total.